The molecule has 0 aromatic rings. The fraction of sp³-hybridized carbons (Fsp3) is 0.917. The molecule has 0 unspecified atom stereocenters. The van der Waals surface area contributed by atoms with Gasteiger partial charge >= 0.3 is 5.97 Å². The molecule has 0 bridgehead atoms. The molecule has 1 saturated carbocycles. The fourth-order valence-electron chi connectivity index (χ4n) is 2.92. The van der Waals surface area contributed by atoms with E-state index < -0.39 is 11.0 Å². The molecule has 1 aliphatic carbocycles. The first-order chi connectivity index (χ1) is 7.65. The van der Waals surface area contributed by atoms with Gasteiger partial charge in [-0.25, -0.2) is 0 Å². The van der Waals surface area contributed by atoms with Crippen molar-refractivity contribution >= 4 is 5.97 Å². The third kappa shape index (κ3) is 1.64. The molecule has 0 amide bonds. The molecule has 0 aromatic carbocycles. The monoisotopic (exact) mass is 227 g/mol. The fourth-order valence-corrected chi connectivity index (χ4v) is 2.92. The van der Waals surface area contributed by atoms with E-state index in [9.17, 15) is 9.90 Å². The van der Waals surface area contributed by atoms with Crippen molar-refractivity contribution in [3.8, 4) is 0 Å². The van der Waals surface area contributed by atoms with Gasteiger partial charge in [-0.1, -0.05) is 19.3 Å². The highest BCUT2D eigenvalue weighted by molar-refractivity contribution is 5.80. The second kappa shape index (κ2) is 4.34. The van der Waals surface area contributed by atoms with E-state index in [1.165, 1.54) is 0 Å². The van der Waals surface area contributed by atoms with Gasteiger partial charge in [0.2, 0.25) is 0 Å². The van der Waals surface area contributed by atoms with E-state index in [4.69, 9.17) is 4.74 Å². The van der Waals surface area contributed by atoms with E-state index in [2.05, 4.69) is 5.32 Å². The van der Waals surface area contributed by atoms with Gasteiger partial charge in [-0.15, -0.1) is 0 Å². The Morgan fingerprint density at radius 1 is 1.31 bits per heavy atom. The van der Waals surface area contributed by atoms with Crippen LogP contribution >= 0.6 is 0 Å². The van der Waals surface area contributed by atoms with Gasteiger partial charge < -0.3 is 15.2 Å². The summed E-state index contributed by atoms with van der Waals surface area (Å²) in [6, 6.07) is 0. The molecule has 1 aliphatic heterocycles. The summed E-state index contributed by atoms with van der Waals surface area (Å²) in [5, 5.41) is 13.8. The number of hydrogen-bond donors (Lipinski definition) is 2. The average molecular weight is 227 g/mol. The van der Waals surface area contributed by atoms with E-state index in [1.807, 2.05) is 6.92 Å². The van der Waals surface area contributed by atoms with Crippen molar-refractivity contribution in [2.24, 2.45) is 5.41 Å². The van der Waals surface area contributed by atoms with E-state index in [1.54, 1.807) is 0 Å². The van der Waals surface area contributed by atoms with Crippen LogP contribution in [0.25, 0.3) is 0 Å². The van der Waals surface area contributed by atoms with Gasteiger partial charge in [0.05, 0.1) is 12.2 Å². The lowest BCUT2D eigenvalue weighted by Gasteiger charge is -2.52. The molecule has 16 heavy (non-hydrogen) atoms. The molecule has 2 rings (SSSR count). The zero-order chi connectivity index (χ0) is 11.6. The van der Waals surface area contributed by atoms with Gasteiger partial charge in [0.1, 0.15) is 5.41 Å². The van der Waals surface area contributed by atoms with E-state index in [0.29, 0.717) is 19.7 Å². The zero-order valence-corrected chi connectivity index (χ0v) is 9.92. The van der Waals surface area contributed by atoms with Crippen LogP contribution in [0.15, 0.2) is 0 Å². The lowest BCUT2D eigenvalue weighted by atomic mass is 9.61. The molecule has 1 heterocycles. The van der Waals surface area contributed by atoms with E-state index in [-0.39, 0.29) is 5.97 Å². The highest BCUT2D eigenvalue weighted by atomic mass is 16.5. The van der Waals surface area contributed by atoms with Crippen molar-refractivity contribution in [2.75, 3.05) is 19.7 Å². The maximum atomic E-state index is 12.0. The normalized spacial score (nSPS) is 26.9. The summed E-state index contributed by atoms with van der Waals surface area (Å²) < 4.78 is 5.13. The number of esters is 1. The van der Waals surface area contributed by atoms with Crippen molar-refractivity contribution in [1.29, 1.82) is 0 Å². The summed E-state index contributed by atoms with van der Waals surface area (Å²) in [4.78, 5) is 12.0. The number of carbonyl (C=O) groups is 1. The van der Waals surface area contributed by atoms with Crippen molar-refractivity contribution in [3.05, 3.63) is 0 Å². The molecule has 0 spiro atoms. The third-order valence-corrected chi connectivity index (χ3v) is 4.09. The highest BCUT2D eigenvalue weighted by Crippen LogP contribution is 2.45. The second-order valence-corrected chi connectivity index (χ2v) is 5.00. The number of carbonyl (C=O) groups excluding carboxylic acids is 1. The molecule has 4 heteroatoms. The summed E-state index contributed by atoms with van der Waals surface area (Å²) >= 11 is 0. The van der Waals surface area contributed by atoms with Crippen LogP contribution in [0.3, 0.4) is 0 Å². The Kier molecular flexibility index (Phi) is 3.22. The predicted octanol–water partition coefficient (Wildman–Crippen LogP) is 0.834. The lowest BCUT2D eigenvalue weighted by Crippen LogP contribution is -2.70. The van der Waals surface area contributed by atoms with Gasteiger partial charge in [-0.2, -0.15) is 0 Å². The molecule has 0 radical (unpaired) electrons. The van der Waals surface area contributed by atoms with Crippen LogP contribution in [0.5, 0.6) is 0 Å². The Bertz CT molecular complexity index is 267. The Morgan fingerprint density at radius 3 is 2.38 bits per heavy atom. The topological polar surface area (TPSA) is 58.6 Å². The number of aliphatic hydroxyl groups is 1. The standard InChI is InChI=1S/C12H21NO3/c1-2-16-10(14)11(8-13-9-11)12(15)6-4-3-5-7-12/h13,15H,2-9H2,1H3. The van der Waals surface area contributed by atoms with Crippen LogP contribution in [0.4, 0.5) is 0 Å². The minimum atomic E-state index is -0.844. The van der Waals surface area contributed by atoms with Gasteiger partial charge in [0.25, 0.3) is 0 Å². The third-order valence-electron chi connectivity index (χ3n) is 4.09. The quantitative estimate of drug-likeness (QED) is 0.701. The molecular weight excluding hydrogens is 206 g/mol. The molecule has 2 fully saturated rings. The first-order valence-electron chi connectivity index (χ1n) is 6.25. The van der Waals surface area contributed by atoms with Crippen LogP contribution in [0, 0.1) is 5.41 Å². The van der Waals surface area contributed by atoms with Gasteiger partial charge in [0, 0.05) is 13.1 Å². The van der Waals surface area contributed by atoms with Gasteiger partial charge in [-0.05, 0) is 19.8 Å². The molecule has 92 valence electrons. The minimum Gasteiger partial charge on any atom is -0.465 e. The van der Waals surface area contributed by atoms with Gasteiger partial charge in [0.15, 0.2) is 0 Å². The zero-order valence-electron chi connectivity index (χ0n) is 9.92. The summed E-state index contributed by atoms with van der Waals surface area (Å²) in [7, 11) is 0. The lowest BCUT2D eigenvalue weighted by molar-refractivity contribution is -0.189. The molecule has 2 aliphatic rings. The maximum absolute atomic E-state index is 12.0. The minimum absolute atomic E-state index is 0.224. The second-order valence-electron chi connectivity index (χ2n) is 5.00. The molecule has 4 nitrogen and oxygen atoms in total. The van der Waals surface area contributed by atoms with Crippen LogP contribution in [-0.2, 0) is 9.53 Å². The van der Waals surface area contributed by atoms with Crippen molar-refractivity contribution in [3.63, 3.8) is 0 Å². The highest BCUT2D eigenvalue weighted by Gasteiger charge is 2.60. The molecular formula is C12H21NO3. The summed E-state index contributed by atoms with van der Waals surface area (Å²) in [5.41, 5.74) is -1.52. The Labute approximate surface area is 96.4 Å². The average Bonchev–Trinajstić information content (AvgIpc) is 2.16. The number of nitrogens with one attached hydrogen (secondary N) is 1. The summed E-state index contributed by atoms with van der Waals surface area (Å²) in [5.74, 6) is -0.224. The summed E-state index contributed by atoms with van der Waals surface area (Å²) in [6.07, 6.45) is 4.64. The molecule has 1 saturated heterocycles. The Balaban J connectivity index is 2.16. The molecule has 0 atom stereocenters. The SMILES string of the molecule is CCOC(=O)C1(C2(O)CCCCC2)CNC1. The maximum Gasteiger partial charge on any atom is 0.317 e. The molecule has 0 aromatic heterocycles. The number of hydrogen-bond acceptors (Lipinski definition) is 4. The number of ether oxygens (including phenoxy) is 1. The number of rotatable bonds is 3. The van der Waals surface area contributed by atoms with E-state index >= 15 is 0 Å². The van der Waals surface area contributed by atoms with Crippen LogP contribution < -0.4 is 5.32 Å². The van der Waals surface area contributed by atoms with Crippen molar-refractivity contribution in [2.45, 2.75) is 44.6 Å². The first kappa shape index (κ1) is 11.9. The van der Waals surface area contributed by atoms with Crippen molar-refractivity contribution in [1.82, 2.24) is 5.32 Å². The van der Waals surface area contributed by atoms with E-state index in [0.717, 1.165) is 32.1 Å². The van der Waals surface area contributed by atoms with Gasteiger partial charge in [-0.3, -0.25) is 4.79 Å². The van der Waals surface area contributed by atoms with Crippen LogP contribution in [0.1, 0.15) is 39.0 Å². The Hall–Kier alpha value is -0.610. The van der Waals surface area contributed by atoms with Crippen LogP contribution in [0.2, 0.25) is 0 Å². The van der Waals surface area contributed by atoms with Crippen molar-refractivity contribution < 1.29 is 14.6 Å². The molecule has 2 N–H and O–H groups in total. The smallest absolute Gasteiger partial charge is 0.317 e. The van der Waals surface area contributed by atoms with Crippen LogP contribution in [-0.4, -0.2) is 36.4 Å². The predicted molar refractivity (Wildman–Crippen MR) is 60.0 cm³/mol. The Morgan fingerprint density at radius 2 is 1.94 bits per heavy atom. The largest absolute Gasteiger partial charge is 0.465 e. The summed E-state index contributed by atoms with van der Waals surface area (Å²) in [6.45, 7) is 3.31. The first-order valence-corrected chi connectivity index (χ1v) is 6.25.